The van der Waals surface area contributed by atoms with Crippen molar-refractivity contribution in [3.63, 3.8) is 0 Å². The molecule has 1 aromatic carbocycles. The summed E-state index contributed by atoms with van der Waals surface area (Å²) >= 11 is 0. The van der Waals surface area contributed by atoms with E-state index in [1.165, 1.54) is 11.1 Å². The van der Waals surface area contributed by atoms with Gasteiger partial charge in [0.15, 0.2) is 0 Å². The van der Waals surface area contributed by atoms with Crippen molar-refractivity contribution >= 4 is 5.91 Å². The molecular weight excluding hydrogens is 228 g/mol. The van der Waals surface area contributed by atoms with Crippen LogP contribution in [-0.2, 0) is 16.1 Å². The molecule has 0 aliphatic rings. The quantitative estimate of drug-likeness (QED) is 0.714. The molecule has 1 rings (SSSR count). The number of carbonyl (C=O) groups excluding carboxylic acids is 1. The van der Waals surface area contributed by atoms with Crippen molar-refractivity contribution in [2.45, 2.75) is 20.4 Å². The first-order valence-electron chi connectivity index (χ1n) is 6.16. The van der Waals surface area contributed by atoms with Crippen molar-refractivity contribution in [3.8, 4) is 0 Å². The largest absolute Gasteiger partial charge is 0.383 e. The summed E-state index contributed by atoms with van der Waals surface area (Å²) in [6.07, 6.45) is 0. The zero-order valence-corrected chi connectivity index (χ0v) is 11.4. The molecule has 0 aromatic heterocycles. The molecule has 4 heteroatoms. The standard InChI is InChI=1S/C14H22N2O2/c1-11-4-5-13(12(2)8-11)9-16-14(17)10-15-6-7-18-3/h4-5,8,15H,6-7,9-10H2,1-3H3,(H,16,17). The summed E-state index contributed by atoms with van der Waals surface area (Å²) in [4.78, 5) is 11.5. The Bertz CT molecular complexity index is 391. The van der Waals surface area contributed by atoms with Gasteiger partial charge >= 0.3 is 0 Å². The molecule has 0 saturated heterocycles. The van der Waals surface area contributed by atoms with Crippen LogP contribution in [0.15, 0.2) is 18.2 Å². The second kappa shape index (κ2) is 7.84. The Hall–Kier alpha value is -1.39. The van der Waals surface area contributed by atoms with Crippen LogP contribution in [-0.4, -0.2) is 32.7 Å². The first-order valence-corrected chi connectivity index (χ1v) is 6.16. The third kappa shape index (κ3) is 5.29. The average Bonchev–Trinajstić information content (AvgIpc) is 2.33. The van der Waals surface area contributed by atoms with Crippen molar-refractivity contribution in [2.24, 2.45) is 0 Å². The van der Waals surface area contributed by atoms with Crippen LogP contribution in [0.5, 0.6) is 0 Å². The van der Waals surface area contributed by atoms with Crippen LogP contribution in [0.4, 0.5) is 0 Å². The summed E-state index contributed by atoms with van der Waals surface area (Å²) in [6.45, 7) is 6.34. The third-order valence-electron chi connectivity index (χ3n) is 2.74. The number of nitrogens with one attached hydrogen (secondary N) is 2. The summed E-state index contributed by atoms with van der Waals surface area (Å²) in [5.74, 6) is 0.00563. The molecule has 0 bridgehead atoms. The van der Waals surface area contributed by atoms with Crippen molar-refractivity contribution < 1.29 is 9.53 Å². The number of carbonyl (C=O) groups is 1. The van der Waals surface area contributed by atoms with E-state index < -0.39 is 0 Å². The van der Waals surface area contributed by atoms with Gasteiger partial charge in [-0.05, 0) is 25.0 Å². The van der Waals surface area contributed by atoms with Crippen LogP contribution < -0.4 is 10.6 Å². The van der Waals surface area contributed by atoms with E-state index in [0.717, 1.165) is 5.56 Å². The van der Waals surface area contributed by atoms with Crippen LogP contribution in [0.2, 0.25) is 0 Å². The minimum Gasteiger partial charge on any atom is -0.383 e. The summed E-state index contributed by atoms with van der Waals surface area (Å²) in [5, 5.41) is 5.90. The predicted octanol–water partition coefficient (Wildman–Crippen LogP) is 1.16. The zero-order valence-electron chi connectivity index (χ0n) is 11.4. The summed E-state index contributed by atoms with van der Waals surface area (Å²) in [7, 11) is 1.64. The molecule has 0 radical (unpaired) electrons. The van der Waals surface area contributed by atoms with Gasteiger partial charge < -0.3 is 15.4 Å². The van der Waals surface area contributed by atoms with Gasteiger partial charge in [0.1, 0.15) is 0 Å². The second-order valence-electron chi connectivity index (χ2n) is 4.38. The summed E-state index contributed by atoms with van der Waals surface area (Å²) in [6, 6.07) is 6.24. The van der Waals surface area contributed by atoms with Gasteiger partial charge in [-0.15, -0.1) is 0 Å². The lowest BCUT2D eigenvalue weighted by atomic mass is 10.1. The van der Waals surface area contributed by atoms with Crippen LogP contribution >= 0.6 is 0 Å². The molecule has 100 valence electrons. The number of aryl methyl sites for hydroxylation is 2. The lowest BCUT2D eigenvalue weighted by Crippen LogP contribution is -2.34. The predicted molar refractivity (Wildman–Crippen MR) is 72.5 cm³/mol. The maximum atomic E-state index is 11.5. The number of rotatable bonds is 7. The lowest BCUT2D eigenvalue weighted by Gasteiger charge is -2.09. The number of methoxy groups -OCH3 is 1. The first kappa shape index (κ1) is 14.7. The molecule has 0 unspecified atom stereocenters. The minimum absolute atomic E-state index is 0.00563. The fourth-order valence-electron chi connectivity index (χ4n) is 1.68. The number of amides is 1. The maximum Gasteiger partial charge on any atom is 0.234 e. The minimum atomic E-state index is 0.00563. The van der Waals surface area contributed by atoms with Gasteiger partial charge in [-0.2, -0.15) is 0 Å². The average molecular weight is 250 g/mol. The number of hydrogen-bond acceptors (Lipinski definition) is 3. The van der Waals surface area contributed by atoms with Gasteiger partial charge in [-0.1, -0.05) is 23.8 Å². The highest BCUT2D eigenvalue weighted by atomic mass is 16.5. The Kier molecular flexibility index (Phi) is 6.39. The molecule has 0 aliphatic carbocycles. The van der Waals surface area contributed by atoms with Crippen molar-refractivity contribution in [1.29, 1.82) is 0 Å². The highest BCUT2D eigenvalue weighted by Gasteiger charge is 2.02. The molecule has 18 heavy (non-hydrogen) atoms. The Morgan fingerprint density at radius 2 is 2.11 bits per heavy atom. The smallest absolute Gasteiger partial charge is 0.234 e. The number of hydrogen-bond donors (Lipinski definition) is 2. The highest BCUT2D eigenvalue weighted by Crippen LogP contribution is 2.09. The Morgan fingerprint density at radius 3 is 2.78 bits per heavy atom. The summed E-state index contributed by atoms with van der Waals surface area (Å²) < 4.78 is 4.89. The van der Waals surface area contributed by atoms with Gasteiger partial charge in [0.05, 0.1) is 13.2 Å². The van der Waals surface area contributed by atoms with Crippen LogP contribution in [0.25, 0.3) is 0 Å². The number of ether oxygens (including phenoxy) is 1. The van der Waals surface area contributed by atoms with Crippen molar-refractivity contribution in [3.05, 3.63) is 34.9 Å². The Balaban J connectivity index is 2.29. The van der Waals surface area contributed by atoms with Gasteiger partial charge in [-0.25, -0.2) is 0 Å². The van der Waals surface area contributed by atoms with E-state index in [1.807, 2.05) is 0 Å². The normalized spacial score (nSPS) is 10.4. The first-order chi connectivity index (χ1) is 8.63. The third-order valence-corrected chi connectivity index (χ3v) is 2.74. The topological polar surface area (TPSA) is 50.4 Å². The van der Waals surface area contributed by atoms with Gasteiger partial charge in [0.25, 0.3) is 0 Å². The van der Waals surface area contributed by atoms with Crippen LogP contribution in [0.1, 0.15) is 16.7 Å². The van der Waals surface area contributed by atoms with E-state index in [-0.39, 0.29) is 5.91 Å². The number of benzene rings is 1. The fourth-order valence-corrected chi connectivity index (χ4v) is 1.68. The molecular formula is C14H22N2O2. The van der Waals surface area contributed by atoms with Crippen LogP contribution in [0.3, 0.4) is 0 Å². The molecule has 0 heterocycles. The zero-order chi connectivity index (χ0) is 13.4. The van der Waals surface area contributed by atoms with Crippen LogP contribution in [0, 0.1) is 13.8 Å². The molecule has 1 aromatic rings. The van der Waals surface area contributed by atoms with E-state index in [9.17, 15) is 4.79 Å². The van der Waals surface area contributed by atoms with Crippen molar-refractivity contribution in [2.75, 3.05) is 26.8 Å². The van der Waals surface area contributed by atoms with E-state index in [0.29, 0.717) is 26.2 Å². The molecule has 2 N–H and O–H groups in total. The molecule has 0 fully saturated rings. The molecule has 0 spiro atoms. The van der Waals surface area contributed by atoms with E-state index in [1.54, 1.807) is 7.11 Å². The SMILES string of the molecule is COCCNCC(=O)NCc1ccc(C)cc1C. The fraction of sp³-hybridized carbons (Fsp3) is 0.500. The van der Waals surface area contributed by atoms with E-state index in [2.05, 4.69) is 42.7 Å². The molecule has 0 atom stereocenters. The molecule has 4 nitrogen and oxygen atoms in total. The van der Waals surface area contributed by atoms with Crippen molar-refractivity contribution in [1.82, 2.24) is 10.6 Å². The second-order valence-corrected chi connectivity index (χ2v) is 4.38. The Morgan fingerprint density at radius 1 is 1.33 bits per heavy atom. The van der Waals surface area contributed by atoms with Gasteiger partial charge in [-0.3, -0.25) is 4.79 Å². The Labute approximate surface area is 109 Å². The highest BCUT2D eigenvalue weighted by molar-refractivity contribution is 5.78. The van der Waals surface area contributed by atoms with Gasteiger partial charge in [0.2, 0.25) is 5.91 Å². The van der Waals surface area contributed by atoms with E-state index in [4.69, 9.17) is 4.74 Å². The molecule has 0 aliphatic heterocycles. The maximum absolute atomic E-state index is 11.5. The van der Waals surface area contributed by atoms with Gasteiger partial charge in [0, 0.05) is 20.2 Å². The van der Waals surface area contributed by atoms with E-state index >= 15 is 0 Å². The summed E-state index contributed by atoms with van der Waals surface area (Å²) in [5.41, 5.74) is 3.61. The molecule has 1 amide bonds. The molecule has 0 saturated carbocycles. The lowest BCUT2D eigenvalue weighted by molar-refractivity contribution is -0.120. The monoisotopic (exact) mass is 250 g/mol.